The van der Waals surface area contributed by atoms with Crippen LogP contribution in [0.4, 0.5) is 22.0 Å². The van der Waals surface area contributed by atoms with E-state index in [-0.39, 0.29) is 21.2 Å². The minimum absolute atomic E-state index is 0.112. The monoisotopic (exact) mass is 340 g/mol. The lowest BCUT2D eigenvalue weighted by Gasteiger charge is -2.15. The van der Waals surface area contributed by atoms with Crippen LogP contribution in [0.2, 0.25) is 10.0 Å². The molecule has 0 amide bonds. The van der Waals surface area contributed by atoms with Crippen LogP contribution in [0.5, 0.6) is 0 Å². The van der Waals surface area contributed by atoms with Gasteiger partial charge in [0, 0.05) is 15.6 Å². The third-order valence-electron chi connectivity index (χ3n) is 2.77. The second-order valence-corrected chi connectivity index (χ2v) is 5.13. The highest BCUT2D eigenvalue weighted by Gasteiger charge is 2.34. The van der Waals surface area contributed by atoms with E-state index in [0.29, 0.717) is 6.07 Å². The Morgan fingerprint density at radius 1 is 0.857 bits per heavy atom. The molecule has 0 aromatic heterocycles. The van der Waals surface area contributed by atoms with Gasteiger partial charge in [-0.2, -0.15) is 13.2 Å². The van der Waals surface area contributed by atoms with Crippen LogP contribution >= 0.6 is 23.2 Å². The molecule has 0 fully saturated rings. The minimum atomic E-state index is -4.77. The van der Waals surface area contributed by atoms with E-state index in [4.69, 9.17) is 23.2 Å². The molecular formula is C14H7Cl2F5. The molecular weight excluding hydrogens is 334 g/mol. The van der Waals surface area contributed by atoms with E-state index in [1.54, 1.807) is 0 Å². The molecule has 0 heterocycles. The molecule has 0 aliphatic heterocycles. The van der Waals surface area contributed by atoms with Crippen LogP contribution in [0.15, 0.2) is 36.4 Å². The summed E-state index contributed by atoms with van der Waals surface area (Å²) in [5, 5.41) is 0.312. The molecule has 0 nitrogen and oxygen atoms in total. The molecule has 0 aliphatic rings. The van der Waals surface area contributed by atoms with Crippen molar-refractivity contribution >= 4 is 23.2 Å². The van der Waals surface area contributed by atoms with Crippen molar-refractivity contribution in [3.05, 3.63) is 57.6 Å². The number of alkyl halides is 5. The fourth-order valence-corrected chi connectivity index (χ4v) is 2.42. The SMILES string of the molecule is FC(F)c1ccc(-c2cc(Cl)cc(Cl)c2)c(C(F)(F)F)c1. The summed E-state index contributed by atoms with van der Waals surface area (Å²) < 4.78 is 64.4. The molecule has 0 spiro atoms. The van der Waals surface area contributed by atoms with Gasteiger partial charge in [-0.15, -0.1) is 0 Å². The summed E-state index contributed by atoms with van der Waals surface area (Å²) in [5.74, 6) is 0. The van der Waals surface area contributed by atoms with Crippen molar-refractivity contribution in [3.8, 4) is 11.1 Å². The highest BCUT2D eigenvalue weighted by atomic mass is 35.5. The van der Waals surface area contributed by atoms with Crippen LogP contribution in [0.25, 0.3) is 11.1 Å². The zero-order valence-corrected chi connectivity index (χ0v) is 11.7. The molecule has 7 heteroatoms. The quantitative estimate of drug-likeness (QED) is 0.539. The molecule has 21 heavy (non-hydrogen) atoms. The largest absolute Gasteiger partial charge is 0.417 e. The zero-order chi connectivity index (χ0) is 15.8. The Bertz CT molecular complexity index is 645. The van der Waals surface area contributed by atoms with Gasteiger partial charge in [0.1, 0.15) is 0 Å². The first-order chi connectivity index (χ1) is 9.68. The first-order valence-electron chi connectivity index (χ1n) is 5.64. The summed E-state index contributed by atoms with van der Waals surface area (Å²) in [5.41, 5.74) is -1.99. The summed E-state index contributed by atoms with van der Waals surface area (Å²) in [7, 11) is 0. The average Bonchev–Trinajstić information content (AvgIpc) is 2.35. The van der Waals surface area contributed by atoms with Crippen molar-refractivity contribution in [2.45, 2.75) is 12.6 Å². The number of hydrogen-bond acceptors (Lipinski definition) is 0. The summed E-state index contributed by atoms with van der Waals surface area (Å²) in [6.45, 7) is 0. The lowest BCUT2D eigenvalue weighted by atomic mass is 9.97. The van der Waals surface area contributed by atoms with E-state index in [1.807, 2.05) is 0 Å². The molecule has 2 aromatic carbocycles. The van der Waals surface area contributed by atoms with Gasteiger partial charge < -0.3 is 0 Å². The molecule has 0 bridgehead atoms. The van der Waals surface area contributed by atoms with E-state index in [2.05, 4.69) is 0 Å². The van der Waals surface area contributed by atoms with Gasteiger partial charge in [0.05, 0.1) is 5.56 Å². The molecule has 0 aliphatic carbocycles. The van der Waals surface area contributed by atoms with Crippen LogP contribution in [-0.4, -0.2) is 0 Å². The maximum absolute atomic E-state index is 13.1. The van der Waals surface area contributed by atoms with Crippen molar-refractivity contribution in [2.75, 3.05) is 0 Å². The molecule has 0 saturated carbocycles. The first-order valence-corrected chi connectivity index (χ1v) is 6.40. The van der Waals surface area contributed by atoms with Gasteiger partial charge in [-0.05, 0) is 35.4 Å². The Morgan fingerprint density at radius 2 is 1.43 bits per heavy atom. The smallest absolute Gasteiger partial charge is 0.205 e. The van der Waals surface area contributed by atoms with Gasteiger partial charge in [-0.3, -0.25) is 0 Å². The third kappa shape index (κ3) is 3.66. The normalized spacial score (nSPS) is 12.0. The van der Waals surface area contributed by atoms with Crippen LogP contribution in [0.3, 0.4) is 0 Å². The predicted octanol–water partition coefficient (Wildman–Crippen LogP) is 6.62. The maximum Gasteiger partial charge on any atom is 0.417 e. The Labute approximate surface area is 127 Å². The zero-order valence-electron chi connectivity index (χ0n) is 10.2. The molecule has 112 valence electrons. The number of benzene rings is 2. The van der Waals surface area contributed by atoms with Crippen LogP contribution < -0.4 is 0 Å². The molecule has 0 N–H and O–H groups in total. The van der Waals surface area contributed by atoms with Crippen LogP contribution in [0.1, 0.15) is 17.6 Å². The molecule has 0 atom stereocenters. The van der Waals surface area contributed by atoms with Crippen LogP contribution in [-0.2, 0) is 6.18 Å². The van der Waals surface area contributed by atoms with E-state index < -0.39 is 23.7 Å². The Hall–Kier alpha value is -1.33. The highest BCUT2D eigenvalue weighted by Crippen LogP contribution is 2.40. The van der Waals surface area contributed by atoms with Crippen molar-refractivity contribution in [1.82, 2.24) is 0 Å². The lowest BCUT2D eigenvalue weighted by molar-refractivity contribution is -0.137. The van der Waals surface area contributed by atoms with E-state index in [0.717, 1.165) is 12.1 Å². The summed E-state index contributed by atoms with van der Waals surface area (Å²) in [6, 6.07) is 6.33. The predicted molar refractivity (Wildman–Crippen MR) is 71.9 cm³/mol. The third-order valence-corrected chi connectivity index (χ3v) is 3.21. The van der Waals surface area contributed by atoms with E-state index >= 15 is 0 Å². The molecule has 0 radical (unpaired) electrons. The standard InChI is InChI=1S/C14H7Cl2F5/c15-9-3-8(4-10(16)6-9)11-2-1-7(13(17)18)5-12(11)14(19,20)21/h1-6,13H. The summed E-state index contributed by atoms with van der Waals surface area (Å²) in [6.07, 6.45) is -7.75. The second-order valence-electron chi connectivity index (χ2n) is 4.26. The molecule has 2 rings (SSSR count). The summed E-state index contributed by atoms with van der Waals surface area (Å²) >= 11 is 11.5. The Kier molecular flexibility index (Phi) is 4.44. The van der Waals surface area contributed by atoms with Crippen LogP contribution in [0, 0.1) is 0 Å². The Balaban J connectivity index is 2.68. The fraction of sp³-hybridized carbons (Fsp3) is 0.143. The minimum Gasteiger partial charge on any atom is -0.205 e. The van der Waals surface area contributed by atoms with Gasteiger partial charge in [-0.25, -0.2) is 8.78 Å². The molecule has 0 saturated heterocycles. The van der Waals surface area contributed by atoms with Crippen molar-refractivity contribution in [2.24, 2.45) is 0 Å². The van der Waals surface area contributed by atoms with Crippen molar-refractivity contribution in [1.29, 1.82) is 0 Å². The lowest BCUT2D eigenvalue weighted by Crippen LogP contribution is -2.08. The van der Waals surface area contributed by atoms with E-state index in [1.165, 1.54) is 18.2 Å². The van der Waals surface area contributed by atoms with Crippen molar-refractivity contribution < 1.29 is 22.0 Å². The molecule has 0 unspecified atom stereocenters. The van der Waals surface area contributed by atoms with Gasteiger partial charge in [0.25, 0.3) is 6.43 Å². The fourth-order valence-electron chi connectivity index (χ4n) is 1.89. The molecule has 2 aromatic rings. The van der Waals surface area contributed by atoms with Gasteiger partial charge in [0.2, 0.25) is 0 Å². The number of rotatable bonds is 2. The second kappa shape index (κ2) is 5.81. The Morgan fingerprint density at radius 3 is 1.90 bits per heavy atom. The van der Waals surface area contributed by atoms with Gasteiger partial charge >= 0.3 is 6.18 Å². The van der Waals surface area contributed by atoms with Gasteiger partial charge in [-0.1, -0.05) is 35.3 Å². The summed E-state index contributed by atoms with van der Waals surface area (Å²) in [4.78, 5) is 0. The first kappa shape index (κ1) is 16.0. The van der Waals surface area contributed by atoms with Crippen molar-refractivity contribution in [3.63, 3.8) is 0 Å². The van der Waals surface area contributed by atoms with E-state index in [9.17, 15) is 22.0 Å². The van der Waals surface area contributed by atoms with Gasteiger partial charge in [0.15, 0.2) is 0 Å². The maximum atomic E-state index is 13.1. The number of hydrogen-bond donors (Lipinski definition) is 0. The highest BCUT2D eigenvalue weighted by molar-refractivity contribution is 6.35. The topological polar surface area (TPSA) is 0 Å². The number of halogens is 7. The average molecular weight is 341 g/mol.